The molecule has 0 aliphatic carbocycles. The molecule has 0 saturated carbocycles. The molecule has 5 heteroatoms. The monoisotopic (exact) mass is 279 g/mol. The van der Waals surface area contributed by atoms with E-state index in [1.54, 1.807) is 18.2 Å². The fourth-order valence-electron chi connectivity index (χ4n) is 2.11. The first kappa shape index (κ1) is 16.3. The van der Waals surface area contributed by atoms with Crippen molar-refractivity contribution in [3.8, 4) is 5.75 Å². The van der Waals surface area contributed by atoms with E-state index in [9.17, 15) is 4.79 Å². The Kier molecular flexibility index (Phi) is 6.31. The number of benzene rings is 1. The van der Waals surface area contributed by atoms with Crippen molar-refractivity contribution < 1.29 is 9.53 Å². The van der Waals surface area contributed by atoms with Gasteiger partial charge in [0.25, 0.3) is 5.91 Å². The topological polar surface area (TPSA) is 67.6 Å². The van der Waals surface area contributed by atoms with Crippen LogP contribution in [0.1, 0.15) is 31.1 Å². The highest BCUT2D eigenvalue weighted by Gasteiger charge is 2.15. The minimum atomic E-state index is -0.137. The molecule has 0 aromatic heterocycles. The number of anilines is 1. The number of carbonyl (C=O) groups excluding carboxylic acids is 1. The van der Waals surface area contributed by atoms with Gasteiger partial charge in [-0.3, -0.25) is 4.79 Å². The van der Waals surface area contributed by atoms with Gasteiger partial charge in [0.05, 0.1) is 12.7 Å². The summed E-state index contributed by atoms with van der Waals surface area (Å²) in [6, 6.07) is 5.12. The van der Waals surface area contributed by atoms with E-state index in [1.165, 1.54) is 7.11 Å². The number of nitrogen functional groups attached to an aromatic ring is 1. The highest BCUT2D eigenvalue weighted by atomic mass is 16.5. The van der Waals surface area contributed by atoms with Crippen LogP contribution in [0.4, 0.5) is 5.69 Å². The highest BCUT2D eigenvalue weighted by molar-refractivity contribution is 5.97. The van der Waals surface area contributed by atoms with Crippen LogP contribution in [0.15, 0.2) is 18.2 Å². The van der Waals surface area contributed by atoms with Gasteiger partial charge in [-0.15, -0.1) is 0 Å². The molecule has 0 fully saturated rings. The third-order valence-electron chi connectivity index (χ3n) is 3.27. The van der Waals surface area contributed by atoms with Crippen LogP contribution in [0, 0.1) is 0 Å². The van der Waals surface area contributed by atoms with E-state index in [0.29, 0.717) is 17.0 Å². The van der Waals surface area contributed by atoms with E-state index < -0.39 is 0 Å². The second kappa shape index (κ2) is 7.75. The van der Waals surface area contributed by atoms with Gasteiger partial charge in [-0.25, -0.2) is 0 Å². The first-order valence-electron chi connectivity index (χ1n) is 6.98. The molecule has 1 atom stereocenters. The molecule has 0 spiro atoms. The number of nitrogens with one attached hydrogen (secondary N) is 1. The number of nitrogens with zero attached hydrogens (tertiary/aromatic N) is 1. The summed E-state index contributed by atoms with van der Waals surface area (Å²) in [6.45, 7) is 9.00. The third-order valence-corrected chi connectivity index (χ3v) is 3.27. The average Bonchev–Trinajstić information content (AvgIpc) is 2.44. The van der Waals surface area contributed by atoms with Crippen molar-refractivity contribution in [2.24, 2.45) is 0 Å². The summed E-state index contributed by atoms with van der Waals surface area (Å²) < 4.78 is 5.20. The molecule has 0 radical (unpaired) electrons. The summed E-state index contributed by atoms with van der Waals surface area (Å²) in [6.07, 6.45) is 0. The van der Waals surface area contributed by atoms with E-state index in [4.69, 9.17) is 10.5 Å². The van der Waals surface area contributed by atoms with Crippen molar-refractivity contribution in [1.82, 2.24) is 10.2 Å². The maximum atomic E-state index is 12.3. The molecular weight excluding hydrogens is 254 g/mol. The van der Waals surface area contributed by atoms with Gasteiger partial charge in [0.1, 0.15) is 5.75 Å². The van der Waals surface area contributed by atoms with Gasteiger partial charge in [-0.05, 0) is 32.1 Å². The summed E-state index contributed by atoms with van der Waals surface area (Å²) in [4.78, 5) is 14.5. The van der Waals surface area contributed by atoms with Gasteiger partial charge in [0, 0.05) is 24.3 Å². The van der Waals surface area contributed by atoms with Crippen molar-refractivity contribution >= 4 is 11.6 Å². The van der Waals surface area contributed by atoms with Crippen molar-refractivity contribution in [2.75, 3.05) is 32.5 Å². The van der Waals surface area contributed by atoms with Gasteiger partial charge in [0.2, 0.25) is 0 Å². The standard InChI is InChI=1S/C15H25N3O2/c1-5-18(6-2)10-11(3)17-15(19)13-8-7-12(16)9-14(13)20-4/h7-9,11H,5-6,10,16H2,1-4H3,(H,17,19). The van der Waals surface area contributed by atoms with Crippen LogP contribution in [0.5, 0.6) is 5.75 Å². The Balaban J connectivity index is 2.71. The van der Waals surface area contributed by atoms with Gasteiger partial charge in [0.15, 0.2) is 0 Å². The lowest BCUT2D eigenvalue weighted by molar-refractivity contribution is 0.0927. The summed E-state index contributed by atoms with van der Waals surface area (Å²) >= 11 is 0. The zero-order chi connectivity index (χ0) is 15.1. The fourth-order valence-corrected chi connectivity index (χ4v) is 2.11. The van der Waals surface area contributed by atoms with E-state index in [1.807, 2.05) is 6.92 Å². The van der Waals surface area contributed by atoms with E-state index in [-0.39, 0.29) is 11.9 Å². The van der Waals surface area contributed by atoms with Crippen molar-refractivity contribution in [1.29, 1.82) is 0 Å². The quantitative estimate of drug-likeness (QED) is 0.746. The Morgan fingerprint density at radius 3 is 2.60 bits per heavy atom. The predicted molar refractivity (Wildman–Crippen MR) is 82.1 cm³/mol. The Morgan fingerprint density at radius 1 is 1.40 bits per heavy atom. The van der Waals surface area contributed by atoms with Gasteiger partial charge >= 0.3 is 0 Å². The van der Waals surface area contributed by atoms with E-state index in [2.05, 4.69) is 24.1 Å². The van der Waals surface area contributed by atoms with Crippen molar-refractivity contribution in [3.63, 3.8) is 0 Å². The van der Waals surface area contributed by atoms with Gasteiger partial charge in [-0.1, -0.05) is 13.8 Å². The van der Waals surface area contributed by atoms with Crippen LogP contribution in [-0.2, 0) is 0 Å². The minimum Gasteiger partial charge on any atom is -0.496 e. The smallest absolute Gasteiger partial charge is 0.255 e. The lowest BCUT2D eigenvalue weighted by Crippen LogP contribution is -2.42. The Labute approximate surface area is 121 Å². The molecule has 0 heterocycles. The number of carbonyl (C=O) groups is 1. The van der Waals surface area contributed by atoms with E-state index in [0.717, 1.165) is 19.6 Å². The predicted octanol–water partition coefficient (Wildman–Crippen LogP) is 1.74. The minimum absolute atomic E-state index is 0.0738. The van der Waals surface area contributed by atoms with Gasteiger partial charge in [-0.2, -0.15) is 0 Å². The highest BCUT2D eigenvalue weighted by Crippen LogP contribution is 2.21. The Morgan fingerprint density at radius 2 is 2.05 bits per heavy atom. The molecule has 0 bridgehead atoms. The van der Waals surface area contributed by atoms with Crippen molar-refractivity contribution in [3.05, 3.63) is 23.8 Å². The summed E-state index contributed by atoms with van der Waals surface area (Å²) in [5.74, 6) is 0.360. The number of hydrogen-bond donors (Lipinski definition) is 2. The lowest BCUT2D eigenvalue weighted by Gasteiger charge is -2.23. The molecule has 0 saturated heterocycles. The van der Waals surface area contributed by atoms with Crippen LogP contribution < -0.4 is 15.8 Å². The zero-order valence-corrected chi connectivity index (χ0v) is 12.8. The number of likely N-dealkylation sites (N-methyl/N-ethyl adjacent to an activating group) is 1. The van der Waals surface area contributed by atoms with Crippen LogP contribution in [0.25, 0.3) is 0 Å². The maximum absolute atomic E-state index is 12.3. The number of ether oxygens (including phenoxy) is 1. The van der Waals surface area contributed by atoms with Crippen LogP contribution >= 0.6 is 0 Å². The number of amides is 1. The zero-order valence-electron chi connectivity index (χ0n) is 12.8. The molecule has 1 unspecified atom stereocenters. The molecule has 1 amide bonds. The third kappa shape index (κ3) is 4.42. The second-order valence-corrected chi connectivity index (χ2v) is 4.82. The fraction of sp³-hybridized carbons (Fsp3) is 0.533. The number of rotatable bonds is 7. The summed E-state index contributed by atoms with van der Waals surface area (Å²) in [7, 11) is 1.53. The van der Waals surface area contributed by atoms with Crippen LogP contribution in [0.3, 0.4) is 0 Å². The molecule has 1 aromatic rings. The van der Waals surface area contributed by atoms with E-state index >= 15 is 0 Å². The Hall–Kier alpha value is -1.75. The van der Waals surface area contributed by atoms with Gasteiger partial charge < -0.3 is 20.7 Å². The molecule has 112 valence electrons. The number of hydrogen-bond acceptors (Lipinski definition) is 4. The Bertz CT molecular complexity index is 445. The summed E-state index contributed by atoms with van der Waals surface area (Å²) in [5.41, 5.74) is 6.77. The van der Waals surface area contributed by atoms with Crippen molar-refractivity contribution in [2.45, 2.75) is 26.8 Å². The lowest BCUT2D eigenvalue weighted by atomic mass is 10.1. The molecule has 1 rings (SSSR count). The molecular formula is C15H25N3O2. The maximum Gasteiger partial charge on any atom is 0.255 e. The second-order valence-electron chi connectivity index (χ2n) is 4.82. The molecule has 3 N–H and O–H groups in total. The largest absolute Gasteiger partial charge is 0.496 e. The molecule has 0 aliphatic heterocycles. The first-order chi connectivity index (χ1) is 9.51. The molecule has 20 heavy (non-hydrogen) atoms. The number of methoxy groups -OCH3 is 1. The first-order valence-corrected chi connectivity index (χ1v) is 6.98. The normalized spacial score (nSPS) is 12.2. The summed E-state index contributed by atoms with van der Waals surface area (Å²) in [5, 5.41) is 2.99. The average molecular weight is 279 g/mol. The van der Waals surface area contributed by atoms with Crippen LogP contribution in [0.2, 0.25) is 0 Å². The van der Waals surface area contributed by atoms with Crippen LogP contribution in [-0.4, -0.2) is 43.6 Å². The molecule has 5 nitrogen and oxygen atoms in total. The SMILES string of the molecule is CCN(CC)CC(C)NC(=O)c1ccc(N)cc1OC. The molecule has 0 aliphatic rings. The molecule has 1 aromatic carbocycles. The number of nitrogens with two attached hydrogens (primary N) is 1.